The number of rotatable bonds is 5. The second-order valence-corrected chi connectivity index (χ2v) is 6.71. The summed E-state index contributed by atoms with van der Waals surface area (Å²) >= 11 is 0. The number of nitrogens with zero attached hydrogens (tertiary/aromatic N) is 1. The quantitative estimate of drug-likeness (QED) is 0.273. The number of anilines is 2. The summed E-state index contributed by atoms with van der Waals surface area (Å²) < 4.78 is 31.3. The molecule has 0 aromatic heterocycles. The lowest BCUT2D eigenvalue weighted by Gasteiger charge is -2.08. The van der Waals surface area contributed by atoms with Crippen LogP contribution in [-0.4, -0.2) is 24.0 Å². The molecule has 134 valence electrons. The van der Waals surface area contributed by atoms with Gasteiger partial charge in [0.25, 0.3) is 16.0 Å². The summed E-state index contributed by atoms with van der Waals surface area (Å²) in [6.45, 7) is 1.81. The summed E-state index contributed by atoms with van der Waals surface area (Å²) in [5.41, 5.74) is 0.968. The topological polar surface area (TPSA) is 140 Å². The van der Waals surface area contributed by atoms with Crippen LogP contribution in [0.2, 0.25) is 0 Å². The molecule has 0 heterocycles. The third-order valence-corrected chi connectivity index (χ3v) is 4.13. The highest BCUT2D eigenvalue weighted by molar-refractivity contribution is 7.85. The second kappa shape index (κ2) is 7.69. The number of aryl methyl sites for hydroxylation is 1. The number of hydrogen-bond donors (Lipinski definition) is 4. The van der Waals surface area contributed by atoms with Gasteiger partial charge in [-0.15, -0.1) is 0 Å². The van der Waals surface area contributed by atoms with E-state index in [-0.39, 0.29) is 21.9 Å². The van der Waals surface area contributed by atoms with Crippen LogP contribution >= 0.6 is 0 Å². The molecule has 2 rings (SSSR count). The third kappa shape index (κ3) is 4.83. The number of phenols is 1. The van der Waals surface area contributed by atoms with Crippen LogP contribution in [0.1, 0.15) is 5.56 Å². The van der Waals surface area contributed by atoms with Gasteiger partial charge in [-0.25, -0.2) is 0 Å². The van der Waals surface area contributed by atoms with E-state index in [2.05, 4.69) is 10.6 Å². The van der Waals surface area contributed by atoms with Gasteiger partial charge in [0.2, 0.25) is 0 Å². The van der Waals surface area contributed by atoms with E-state index in [9.17, 15) is 18.3 Å². The summed E-state index contributed by atoms with van der Waals surface area (Å²) in [6, 6.07) is 11.5. The van der Waals surface area contributed by atoms with Crippen molar-refractivity contribution in [3.63, 3.8) is 0 Å². The third-order valence-electron chi connectivity index (χ3n) is 3.28. The van der Waals surface area contributed by atoms with Gasteiger partial charge in [0, 0.05) is 11.9 Å². The molecule has 0 radical (unpaired) electrons. The maximum Gasteiger partial charge on any atom is 0.294 e. The molecule has 0 aliphatic heterocycles. The highest BCUT2D eigenvalue weighted by Crippen LogP contribution is 2.24. The van der Waals surface area contributed by atoms with E-state index < -0.39 is 16.0 Å². The molecule has 0 unspecified atom stereocenters. The van der Waals surface area contributed by atoms with E-state index in [1.807, 2.05) is 6.92 Å². The van der Waals surface area contributed by atoms with Crippen LogP contribution in [0.15, 0.2) is 59.1 Å². The molecule has 0 saturated heterocycles. The van der Waals surface area contributed by atoms with Crippen LogP contribution in [0.25, 0.3) is 0 Å². The minimum atomic E-state index is -4.41. The molecule has 1 amide bonds. The summed E-state index contributed by atoms with van der Waals surface area (Å²) in [5.74, 6) is -0.843. The minimum Gasteiger partial charge on any atom is -0.506 e. The Balaban J connectivity index is 2.19. The molecule has 2 aromatic carbocycles. The fourth-order valence-corrected chi connectivity index (χ4v) is 2.52. The summed E-state index contributed by atoms with van der Waals surface area (Å²) in [7, 11) is -4.41. The second-order valence-electron chi connectivity index (χ2n) is 5.29. The van der Waals surface area contributed by atoms with Gasteiger partial charge in [-0.3, -0.25) is 9.35 Å². The van der Waals surface area contributed by atoms with E-state index in [0.717, 1.165) is 23.9 Å². The summed E-state index contributed by atoms with van der Waals surface area (Å²) in [5, 5.41) is 23.9. The van der Waals surface area contributed by atoms with Crippen molar-refractivity contribution in [3.05, 3.63) is 59.8 Å². The SMILES string of the molecule is Cc1ccc(O)c(N/C=C(/C#N)C(=O)Nc2cccc(S(=O)(=O)O)c2)c1. The normalized spacial score (nSPS) is 11.5. The van der Waals surface area contributed by atoms with E-state index in [4.69, 9.17) is 9.81 Å². The van der Waals surface area contributed by atoms with Crippen molar-refractivity contribution < 1.29 is 22.9 Å². The largest absolute Gasteiger partial charge is 0.506 e. The fourth-order valence-electron chi connectivity index (χ4n) is 2.00. The molecule has 2 aromatic rings. The maximum atomic E-state index is 12.2. The Hall–Kier alpha value is -3.35. The van der Waals surface area contributed by atoms with Gasteiger partial charge in [-0.1, -0.05) is 12.1 Å². The molecule has 0 spiro atoms. The first-order valence-electron chi connectivity index (χ1n) is 7.26. The first kappa shape index (κ1) is 19.0. The Bertz CT molecular complexity index is 1020. The van der Waals surface area contributed by atoms with Crippen molar-refractivity contribution >= 4 is 27.4 Å². The van der Waals surface area contributed by atoms with E-state index in [1.54, 1.807) is 18.2 Å². The number of benzene rings is 2. The van der Waals surface area contributed by atoms with Crippen LogP contribution in [0.4, 0.5) is 11.4 Å². The molecular formula is C17H15N3O5S. The van der Waals surface area contributed by atoms with Gasteiger partial charge >= 0.3 is 0 Å². The Kier molecular flexibility index (Phi) is 5.61. The monoisotopic (exact) mass is 373 g/mol. The molecule has 4 N–H and O–H groups in total. The Morgan fingerprint density at radius 1 is 1.23 bits per heavy atom. The van der Waals surface area contributed by atoms with Crippen molar-refractivity contribution in [2.45, 2.75) is 11.8 Å². The maximum absolute atomic E-state index is 12.2. The van der Waals surface area contributed by atoms with Crippen molar-refractivity contribution in [2.75, 3.05) is 10.6 Å². The minimum absolute atomic E-state index is 0.0506. The summed E-state index contributed by atoms with van der Waals surface area (Å²) in [6.07, 6.45) is 1.12. The van der Waals surface area contributed by atoms with Gasteiger partial charge in [0.05, 0.1) is 10.6 Å². The highest BCUT2D eigenvalue weighted by Gasteiger charge is 2.13. The highest BCUT2D eigenvalue weighted by atomic mass is 32.2. The van der Waals surface area contributed by atoms with Crippen LogP contribution < -0.4 is 10.6 Å². The molecular weight excluding hydrogens is 358 g/mol. The molecule has 0 aliphatic carbocycles. The standard InChI is InChI=1S/C17H15N3O5S/c1-11-5-6-16(21)15(7-11)19-10-12(9-18)17(22)20-13-3-2-4-14(8-13)26(23,24)25/h2-8,10,19,21H,1H3,(H,20,22)(H,23,24,25)/b12-10-. The van der Waals surface area contributed by atoms with Crippen molar-refractivity contribution in [3.8, 4) is 11.8 Å². The van der Waals surface area contributed by atoms with E-state index >= 15 is 0 Å². The Labute approximate surface area is 150 Å². The molecule has 0 bridgehead atoms. The average molecular weight is 373 g/mol. The zero-order chi connectivity index (χ0) is 19.3. The number of nitrogens with one attached hydrogen (secondary N) is 2. The van der Waals surface area contributed by atoms with Gasteiger partial charge in [0.15, 0.2) is 0 Å². The number of nitriles is 1. The lowest BCUT2D eigenvalue weighted by molar-refractivity contribution is -0.112. The van der Waals surface area contributed by atoms with Crippen molar-refractivity contribution in [1.29, 1.82) is 5.26 Å². The average Bonchev–Trinajstić information content (AvgIpc) is 2.58. The first-order chi connectivity index (χ1) is 12.2. The number of amides is 1. The van der Waals surface area contributed by atoms with Crippen LogP contribution in [-0.2, 0) is 14.9 Å². The molecule has 0 fully saturated rings. The van der Waals surface area contributed by atoms with Crippen molar-refractivity contribution in [1.82, 2.24) is 0 Å². The number of carbonyl (C=O) groups is 1. The van der Waals surface area contributed by atoms with Crippen LogP contribution in [0.5, 0.6) is 5.75 Å². The number of phenolic OH excluding ortho intramolecular Hbond substituents is 1. The van der Waals surface area contributed by atoms with Gasteiger partial charge in [-0.2, -0.15) is 13.7 Å². The smallest absolute Gasteiger partial charge is 0.294 e. The van der Waals surface area contributed by atoms with Gasteiger partial charge in [0.1, 0.15) is 17.4 Å². The lowest BCUT2D eigenvalue weighted by Crippen LogP contribution is -2.15. The van der Waals surface area contributed by atoms with Gasteiger partial charge in [-0.05, 0) is 42.8 Å². The van der Waals surface area contributed by atoms with E-state index in [0.29, 0.717) is 5.69 Å². The molecule has 9 heteroatoms. The predicted octanol–water partition coefficient (Wildman–Crippen LogP) is 2.41. The molecule has 26 heavy (non-hydrogen) atoms. The van der Waals surface area contributed by atoms with Crippen molar-refractivity contribution in [2.24, 2.45) is 0 Å². The van der Waals surface area contributed by atoms with Crippen LogP contribution in [0, 0.1) is 18.3 Å². The van der Waals surface area contributed by atoms with Crippen LogP contribution in [0.3, 0.4) is 0 Å². The van der Waals surface area contributed by atoms with E-state index in [1.165, 1.54) is 18.2 Å². The Morgan fingerprint density at radius 2 is 1.96 bits per heavy atom. The molecule has 0 aliphatic rings. The fraction of sp³-hybridized carbons (Fsp3) is 0.0588. The lowest BCUT2D eigenvalue weighted by atomic mass is 10.2. The molecule has 0 atom stereocenters. The number of hydrogen-bond acceptors (Lipinski definition) is 6. The zero-order valence-corrected chi connectivity index (χ0v) is 14.4. The Morgan fingerprint density at radius 3 is 2.62 bits per heavy atom. The zero-order valence-electron chi connectivity index (χ0n) is 13.6. The molecule has 0 saturated carbocycles. The summed E-state index contributed by atoms with van der Waals surface area (Å²) in [4.78, 5) is 11.8. The predicted molar refractivity (Wildman–Crippen MR) is 95.0 cm³/mol. The number of aromatic hydroxyl groups is 1. The number of carbonyl (C=O) groups excluding carboxylic acids is 1. The molecule has 8 nitrogen and oxygen atoms in total. The van der Waals surface area contributed by atoms with Gasteiger partial charge < -0.3 is 15.7 Å². The first-order valence-corrected chi connectivity index (χ1v) is 8.70.